The maximum absolute atomic E-state index is 11.6. The summed E-state index contributed by atoms with van der Waals surface area (Å²) in [4.78, 5) is 11.6. The minimum absolute atomic E-state index is 0.0312. The van der Waals surface area contributed by atoms with E-state index in [-0.39, 0.29) is 4.87 Å². The maximum Gasteiger partial charge on any atom is 0.308 e. The molecule has 0 bridgehead atoms. The number of benzene rings is 1. The quantitative estimate of drug-likeness (QED) is 0.847. The minimum atomic E-state index is 0.0312. The molecule has 0 saturated carbocycles. The normalized spacial score (nSPS) is 10.8. The van der Waals surface area contributed by atoms with Gasteiger partial charge in [-0.05, 0) is 12.1 Å². The zero-order valence-corrected chi connectivity index (χ0v) is 9.21. The van der Waals surface area contributed by atoms with E-state index in [1.165, 1.54) is 11.3 Å². The Balaban J connectivity index is 2.66. The lowest BCUT2D eigenvalue weighted by Crippen LogP contribution is -2.18. The second kappa shape index (κ2) is 4.04. The summed E-state index contributed by atoms with van der Waals surface area (Å²) in [5, 5.41) is 0. The average Bonchev–Trinajstić information content (AvgIpc) is 2.55. The second-order valence-corrected chi connectivity index (χ2v) is 4.14. The van der Waals surface area contributed by atoms with Crippen molar-refractivity contribution < 1.29 is 4.74 Å². The van der Waals surface area contributed by atoms with E-state index in [0.29, 0.717) is 13.1 Å². The molecule has 0 saturated heterocycles. The van der Waals surface area contributed by atoms with E-state index in [9.17, 15) is 4.79 Å². The predicted molar refractivity (Wildman–Crippen MR) is 61.7 cm³/mol. The molecule has 0 radical (unpaired) electrons. The fourth-order valence-electron chi connectivity index (χ4n) is 1.51. The number of thiazole rings is 1. The van der Waals surface area contributed by atoms with Crippen LogP contribution in [-0.2, 0) is 6.54 Å². The molecule has 2 N–H and O–H groups in total. The van der Waals surface area contributed by atoms with Gasteiger partial charge < -0.3 is 10.5 Å². The Kier molecular flexibility index (Phi) is 2.75. The molecule has 80 valence electrons. The van der Waals surface area contributed by atoms with Gasteiger partial charge >= 0.3 is 4.87 Å². The van der Waals surface area contributed by atoms with Crippen LogP contribution >= 0.6 is 11.3 Å². The minimum Gasteiger partial charge on any atom is -0.497 e. The molecule has 0 fully saturated rings. The highest BCUT2D eigenvalue weighted by molar-refractivity contribution is 7.16. The molecule has 1 aromatic carbocycles. The van der Waals surface area contributed by atoms with Gasteiger partial charge in [0.25, 0.3) is 0 Å². The summed E-state index contributed by atoms with van der Waals surface area (Å²) in [5.41, 5.74) is 6.36. The van der Waals surface area contributed by atoms with Crippen molar-refractivity contribution in [3.8, 4) is 5.75 Å². The highest BCUT2D eigenvalue weighted by Crippen LogP contribution is 2.22. The molecular formula is C10H12N2O2S. The Morgan fingerprint density at radius 3 is 3.00 bits per heavy atom. The number of aromatic nitrogens is 1. The Bertz CT molecular complexity index is 530. The van der Waals surface area contributed by atoms with Crippen molar-refractivity contribution in [2.75, 3.05) is 13.7 Å². The third-order valence-corrected chi connectivity index (χ3v) is 3.19. The molecule has 15 heavy (non-hydrogen) atoms. The second-order valence-electron chi connectivity index (χ2n) is 3.14. The fraction of sp³-hybridized carbons (Fsp3) is 0.300. The van der Waals surface area contributed by atoms with E-state index in [4.69, 9.17) is 10.5 Å². The summed E-state index contributed by atoms with van der Waals surface area (Å²) in [6.45, 7) is 1.01. The lowest BCUT2D eigenvalue weighted by molar-refractivity contribution is 0.415. The predicted octanol–water partition coefficient (Wildman–Crippen LogP) is 1.03. The topological polar surface area (TPSA) is 57.2 Å². The van der Waals surface area contributed by atoms with Crippen LogP contribution in [0, 0.1) is 0 Å². The number of rotatable bonds is 3. The Morgan fingerprint density at radius 1 is 1.53 bits per heavy atom. The number of ether oxygens (including phenoxy) is 1. The van der Waals surface area contributed by atoms with Crippen molar-refractivity contribution in [2.45, 2.75) is 6.54 Å². The molecule has 1 heterocycles. The van der Waals surface area contributed by atoms with Crippen molar-refractivity contribution in [1.82, 2.24) is 4.57 Å². The number of hydrogen-bond acceptors (Lipinski definition) is 4. The van der Waals surface area contributed by atoms with Gasteiger partial charge in [-0.3, -0.25) is 9.36 Å². The Labute approximate surface area is 90.9 Å². The SMILES string of the molecule is COc1ccc2sc(=O)n(CCN)c2c1. The standard InChI is InChI=1S/C10H12N2O2S/c1-14-7-2-3-9-8(6-7)12(5-4-11)10(13)15-9/h2-3,6H,4-5,11H2,1H3. The molecule has 2 aromatic rings. The smallest absolute Gasteiger partial charge is 0.308 e. The molecule has 0 unspecified atom stereocenters. The lowest BCUT2D eigenvalue weighted by atomic mass is 10.3. The number of hydrogen-bond donors (Lipinski definition) is 1. The molecule has 1 aromatic heterocycles. The Morgan fingerprint density at radius 2 is 2.33 bits per heavy atom. The summed E-state index contributed by atoms with van der Waals surface area (Å²) >= 11 is 1.23. The van der Waals surface area contributed by atoms with Crippen molar-refractivity contribution in [2.24, 2.45) is 5.73 Å². The first-order valence-corrected chi connectivity index (χ1v) is 5.45. The van der Waals surface area contributed by atoms with Crippen LogP contribution in [0.15, 0.2) is 23.0 Å². The number of methoxy groups -OCH3 is 1. The molecule has 0 aliphatic heterocycles. The fourth-order valence-corrected chi connectivity index (χ4v) is 2.41. The van der Waals surface area contributed by atoms with E-state index < -0.39 is 0 Å². The first kappa shape index (κ1) is 10.2. The summed E-state index contributed by atoms with van der Waals surface area (Å²) in [5.74, 6) is 0.756. The van der Waals surface area contributed by atoms with Crippen molar-refractivity contribution in [3.05, 3.63) is 27.9 Å². The summed E-state index contributed by atoms with van der Waals surface area (Å²) in [6.07, 6.45) is 0. The lowest BCUT2D eigenvalue weighted by Gasteiger charge is -2.02. The van der Waals surface area contributed by atoms with Crippen molar-refractivity contribution in [3.63, 3.8) is 0 Å². The van der Waals surface area contributed by atoms with Crippen LogP contribution in [0.4, 0.5) is 0 Å². The van der Waals surface area contributed by atoms with Gasteiger partial charge in [-0.1, -0.05) is 11.3 Å². The van der Waals surface area contributed by atoms with E-state index in [2.05, 4.69) is 0 Å². The molecule has 0 aliphatic rings. The van der Waals surface area contributed by atoms with Crippen molar-refractivity contribution >= 4 is 21.6 Å². The molecule has 2 rings (SSSR count). The van der Waals surface area contributed by atoms with E-state index in [1.807, 2.05) is 18.2 Å². The molecule has 4 nitrogen and oxygen atoms in total. The highest BCUT2D eigenvalue weighted by Gasteiger charge is 2.07. The number of nitrogens with two attached hydrogens (primary N) is 1. The zero-order chi connectivity index (χ0) is 10.8. The van der Waals surface area contributed by atoms with Crippen LogP contribution in [0.5, 0.6) is 5.75 Å². The van der Waals surface area contributed by atoms with E-state index in [0.717, 1.165) is 16.0 Å². The monoisotopic (exact) mass is 224 g/mol. The van der Waals surface area contributed by atoms with E-state index >= 15 is 0 Å². The van der Waals surface area contributed by atoms with Gasteiger partial charge in [0.1, 0.15) is 5.75 Å². The van der Waals surface area contributed by atoms with Gasteiger partial charge in [0, 0.05) is 19.2 Å². The summed E-state index contributed by atoms with van der Waals surface area (Å²) < 4.78 is 7.77. The molecule has 5 heteroatoms. The van der Waals surface area contributed by atoms with Gasteiger partial charge in [0.2, 0.25) is 0 Å². The first-order valence-electron chi connectivity index (χ1n) is 4.63. The summed E-state index contributed by atoms with van der Waals surface area (Å²) in [6, 6.07) is 5.61. The molecule has 0 aliphatic carbocycles. The first-order chi connectivity index (χ1) is 7.26. The summed E-state index contributed by atoms with van der Waals surface area (Å²) in [7, 11) is 1.61. The van der Waals surface area contributed by atoms with Gasteiger partial charge in [-0.15, -0.1) is 0 Å². The highest BCUT2D eigenvalue weighted by atomic mass is 32.1. The van der Waals surface area contributed by atoms with Crippen LogP contribution in [0.1, 0.15) is 0 Å². The number of nitrogens with zero attached hydrogens (tertiary/aromatic N) is 1. The average molecular weight is 224 g/mol. The third kappa shape index (κ3) is 1.75. The van der Waals surface area contributed by atoms with Crippen LogP contribution in [0.2, 0.25) is 0 Å². The van der Waals surface area contributed by atoms with Crippen LogP contribution in [0.25, 0.3) is 10.2 Å². The van der Waals surface area contributed by atoms with Crippen LogP contribution < -0.4 is 15.3 Å². The zero-order valence-electron chi connectivity index (χ0n) is 8.40. The van der Waals surface area contributed by atoms with Crippen LogP contribution in [0.3, 0.4) is 0 Å². The molecular weight excluding hydrogens is 212 g/mol. The third-order valence-electron chi connectivity index (χ3n) is 2.23. The van der Waals surface area contributed by atoms with Gasteiger partial charge in [0.15, 0.2) is 0 Å². The maximum atomic E-state index is 11.6. The van der Waals surface area contributed by atoms with Gasteiger partial charge in [-0.2, -0.15) is 0 Å². The van der Waals surface area contributed by atoms with Crippen LogP contribution in [-0.4, -0.2) is 18.2 Å². The van der Waals surface area contributed by atoms with Gasteiger partial charge in [-0.25, -0.2) is 0 Å². The number of fused-ring (bicyclic) bond motifs is 1. The Hall–Kier alpha value is -1.33. The largest absolute Gasteiger partial charge is 0.497 e. The molecule has 0 amide bonds. The molecule has 0 atom stereocenters. The van der Waals surface area contributed by atoms with Gasteiger partial charge in [0.05, 0.1) is 17.3 Å². The van der Waals surface area contributed by atoms with Crippen molar-refractivity contribution in [1.29, 1.82) is 0 Å². The van der Waals surface area contributed by atoms with E-state index in [1.54, 1.807) is 11.7 Å². The molecule has 0 spiro atoms.